The van der Waals surface area contributed by atoms with E-state index in [0.29, 0.717) is 6.04 Å². The Kier molecular flexibility index (Phi) is 5.99. The molecule has 1 N–H and O–H groups in total. The summed E-state index contributed by atoms with van der Waals surface area (Å²) in [6, 6.07) is 6.44. The first-order chi connectivity index (χ1) is 8.52. The van der Waals surface area contributed by atoms with Crippen LogP contribution >= 0.6 is 0 Å². The van der Waals surface area contributed by atoms with Crippen LogP contribution in [0, 0.1) is 6.92 Å². The van der Waals surface area contributed by atoms with Gasteiger partial charge in [-0.2, -0.15) is 0 Å². The highest BCUT2D eigenvalue weighted by atomic mass is 16.5. The van der Waals surface area contributed by atoms with E-state index in [4.69, 9.17) is 9.47 Å². The van der Waals surface area contributed by atoms with Crippen LogP contribution in [0.15, 0.2) is 18.2 Å². The first-order valence-corrected chi connectivity index (χ1v) is 6.64. The molecule has 0 aliphatic rings. The zero-order valence-corrected chi connectivity index (χ0v) is 12.1. The van der Waals surface area contributed by atoms with Crippen LogP contribution in [0.25, 0.3) is 0 Å². The van der Waals surface area contributed by atoms with Gasteiger partial charge < -0.3 is 14.8 Å². The van der Waals surface area contributed by atoms with Crippen LogP contribution in [0.3, 0.4) is 0 Å². The van der Waals surface area contributed by atoms with Crippen molar-refractivity contribution < 1.29 is 9.47 Å². The number of rotatable bonds is 7. The third kappa shape index (κ3) is 4.96. The fraction of sp³-hybridized carbons (Fsp3) is 0.600. The lowest BCUT2D eigenvalue weighted by molar-refractivity contribution is 0.141. The summed E-state index contributed by atoms with van der Waals surface area (Å²) in [7, 11) is 0. The van der Waals surface area contributed by atoms with Crippen molar-refractivity contribution >= 4 is 5.69 Å². The van der Waals surface area contributed by atoms with Crippen LogP contribution in [0.5, 0.6) is 5.75 Å². The van der Waals surface area contributed by atoms with Crippen LogP contribution in [0.4, 0.5) is 5.69 Å². The van der Waals surface area contributed by atoms with E-state index in [9.17, 15) is 0 Å². The van der Waals surface area contributed by atoms with Gasteiger partial charge in [-0.3, -0.25) is 0 Å². The van der Waals surface area contributed by atoms with Gasteiger partial charge in [-0.05, 0) is 58.4 Å². The van der Waals surface area contributed by atoms with Crippen molar-refractivity contribution in [3.05, 3.63) is 23.8 Å². The molecule has 1 aromatic carbocycles. The molecule has 1 atom stereocenters. The molecule has 1 unspecified atom stereocenters. The quantitative estimate of drug-likeness (QED) is 0.803. The molecule has 0 heterocycles. The zero-order chi connectivity index (χ0) is 13.5. The SMILES string of the molecule is CCOCC(C)Nc1ccc(OC(C)C)cc1C. The fourth-order valence-electron chi connectivity index (χ4n) is 1.75. The highest BCUT2D eigenvalue weighted by Crippen LogP contribution is 2.22. The maximum atomic E-state index is 5.67. The monoisotopic (exact) mass is 251 g/mol. The van der Waals surface area contributed by atoms with Gasteiger partial charge in [0.05, 0.1) is 12.7 Å². The van der Waals surface area contributed by atoms with Gasteiger partial charge in [-0.15, -0.1) is 0 Å². The van der Waals surface area contributed by atoms with E-state index in [2.05, 4.69) is 31.3 Å². The van der Waals surface area contributed by atoms with Crippen LogP contribution in [-0.4, -0.2) is 25.4 Å². The molecule has 0 saturated carbocycles. The molecule has 3 nitrogen and oxygen atoms in total. The van der Waals surface area contributed by atoms with Crippen LogP contribution in [0.2, 0.25) is 0 Å². The van der Waals surface area contributed by atoms with E-state index in [0.717, 1.165) is 24.7 Å². The molecule has 0 bridgehead atoms. The standard InChI is InChI=1S/C15H25NO2/c1-6-17-10-13(5)16-15-8-7-14(9-12(15)4)18-11(2)3/h7-9,11,13,16H,6,10H2,1-5H3. The van der Waals surface area contributed by atoms with Gasteiger partial charge in [0.2, 0.25) is 0 Å². The number of hydrogen-bond donors (Lipinski definition) is 1. The highest BCUT2D eigenvalue weighted by Gasteiger charge is 2.06. The van der Waals surface area contributed by atoms with Crippen molar-refractivity contribution in [1.29, 1.82) is 0 Å². The minimum absolute atomic E-state index is 0.208. The lowest BCUT2D eigenvalue weighted by Gasteiger charge is -2.18. The minimum atomic E-state index is 0.208. The summed E-state index contributed by atoms with van der Waals surface area (Å²) < 4.78 is 11.1. The van der Waals surface area contributed by atoms with Gasteiger partial charge in [0, 0.05) is 18.3 Å². The van der Waals surface area contributed by atoms with Crippen molar-refractivity contribution in [2.45, 2.75) is 46.8 Å². The first-order valence-electron chi connectivity index (χ1n) is 6.64. The summed E-state index contributed by atoms with van der Waals surface area (Å²) in [5.41, 5.74) is 2.33. The summed E-state index contributed by atoms with van der Waals surface area (Å²) in [6.45, 7) is 11.8. The molecular weight excluding hydrogens is 226 g/mol. The lowest BCUT2D eigenvalue weighted by atomic mass is 10.1. The maximum absolute atomic E-state index is 5.67. The van der Waals surface area contributed by atoms with Gasteiger partial charge in [-0.1, -0.05) is 0 Å². The highest BCUT2D eigenvalue weighted by molar-refractivity contribution is 5.54. The largest absolute Gasteiger partial charge is 0.491 e. The number of nitrogens with one attached hydrogen (secondary N) is 1. The smallest absolute Gasteiger partial charge is 0.120 e. The predicted molar refractivity (Wildman–Crippen MR) is 76.5 cm³/mol. The van der Waals surface area contributed by atoms with E-state index in [1.165, 1.54) is 5.56 Å². The lowest BCUT2D eigenvalue weighted by Crippen LogP contribution is -2.22. The molecule has 0 aliphatic heterocycles. The Morgan fingerprint density at radius 1 is 1.22 bits per heavy atom. The average molecular weight is 251 g/mol. The molecule has 18 heavy (non-hydrogen) atoms. The normalized spacial score (nSPS) is 12.6. The Morgan fingerprint density at radius 2 is 1.94 bits per heavy atom. The van der Waals surface area contributed by atoms with Gasteiger partial charge in [0.25, 0.3) is 0 Å². The Balaban J connectivity index is 2.61. The van der Waals surface area contributed by atoms with Crippen LogP contribution in [-0.2, 0) is 4.74 Å². The van der Waals surface area contributed by atoms with E-state index in [1.54, 1.807) is 0 Å². The second-order valence-electron chi connectivity index (χ2n) is 4.85. The number of ether oxygens (including phenoxy) is 2. The second-order valence-corrected chi connectivity index (χ2v) is 4.85. The van der Waals surface area contributed by atoms with Crippen molar-refractivity contribution in [3.63, 3.8) is 0 Å². The number of aryl methyl sites for hydroxylation is 1. The Hall–Kier alpha value is -1.22. The van der Waals surface area contributed by atoms with Crippen LogP contribution < -0.4 is 10.1 Å². The average Bonchev–Trinajstić information content (AvgIpc) is 2.29. The molecule has 1 rings (SSSR count). The third-order valence-corrected chi connectivity index (χ3v) is 2.54. The van der Waals surface area contributed by atoms with Gasteiger partial charge in [0.15, 0.2) is 0 Å². The Labute approximate surface area is 110 Å². The van der Waals surface area contributed by atoms with Gasteiger partial charge >= 0.3 is 0 Å². The molecule has 1 aromatic rings. The summed E-state index contributed by atoms with van der Waals surface area (Å²) in [4.78, 5) is 0. The molecule has 102 valence electrons. The van der Waals surface area contributed by atoms with E-state index < -0.39 is 0 Å². The van der Waals surface area contributed by atoms with Gasteiger partial charge in [-0.25, -0.2) is 0 Å². The molecule has 0 aliphatic carbocycles. The van der Waals surface area contributed by atoms with Gasteiger partial charge in [0.1, 0.15) is 5.75 Å². The second kappa shape index (κ2) is 7.27. The third-order valence-electron chi connectivity index (χ3n) is 2.54. The fourth-order valence-corrected chi connectivity index (χ4v) is 1.75. The molecule has 0 radical (unpaired) electrons. The van der Waals surface area contributed by atoms with Crippen molar-refractivity contribution in [1.82, 2.24) is 0 Å². The number of anilines is 1. The number of hydrogen-bond acceptors (Lipinski definition) is 3. The zero-order valence-electron chi connectivity index (χ0n) is 12.1. The van der Waals surface area contributed by atoms with Crippen molar-refractivity contribution in [3.8, 4) is 5.75 Å². The summed E-state index contributed by atoms with van der Waals surface area (Å²) in [5, 5.41) is 3.44. The topological polar surface area (TPSA) is 30.5 Å². The minimum Gasteiger partial charge on any atom is -0.491 e. The molecule has 0 amide bonds. The first kappa shape index (κ1) is 14.8. The molecule has 0 fully saturated rings. The maximum Gasteiger partial charge on any atom is 0.120 e. The Morgan fingerprint density at radius 3 is 2.50 bits per heavy atom. The van der Waals surface area contributed by atoms with Crippen molar-refractivity contribution in [2.24, 2.45) is 0 Å². The summed E-state index contributed by atoms with van der Waals surface area (Å²) >= 11 is 0. The molecule has 0 aromatic heterocycles. The summed E-state index contributed by atoms with van der Waals surface area (Å²) in [5.74, 6) is 0.922. The van der Waals surface area contributed by atoms with E-state index in [-0.39, 0.29) is 6.10 Å². The summed E-state index contributed by atoms with van der Waals surface area (Å²) in [6.07, 6.45) is 0.208. The molecule has 3 heteroatoms. The van der Waals surface area contributed by atoms with E-state index in [1.807, 2.05) is 26.8 Å². The molecule has 0 spiro atoms. The number of benzene rings is 1. The predicted octanol–water partition coefficient (Wildman–Crippen LogP) is 3.62. The van der Waals surface area contributed by atoms with Crippen molar-refractivity contribution in [2.75, 3.05) is 18.5 Å². The van der Waals surface area contributed by atoms with Crippen LogP contribution in [0.1, 0.15) is 33.3 Å². The van der Waals surface area contributed by atoms with E-state index >= 15 is 0 Å². The molecular formula is C15H25NO2. The Bertz CT molecular complexity index is 364. The molecule has 0 saturated heterocycles.